The molecule has 0 saturated carbocycles. The van der Waals surface area contributed by atoms with E-state index in [2.05, 4.69) is 15.5 Å². The van der Waals surface area contributed by atoms with Crippen LogP contribution in [-0.2, 0) is 16.6 Å². The normalized spacial score (nSPS) is 12.0. The van der Waals surface area contributed by atoms with Crippen LogP contribution in [-0.4, -0.2) is 23.2 Å². The highest BCUT2D eigenvalue weighted by Crippen LogP contribution is 2.39. The van der Waals surface area contributed by atoms with Crippen LogP contribution in [0, 0.1) is 6.92 Å². The predicted octanol–water partition coefficient (Wildman–Crippen LogP) is 3.80. The van der Waals surface area contributed by atoms with Crippen LogP contribution in [0.25, 0.3) is 10.9 Å². The van der Waals surface area contributed by atoms with E-state index in [0.29, 0.717) is 17.9 Å². The van der Waals surface area contributed by atoms with Gasteiger partial charge in [-0.2, -0.15) is 0 Å². The maximum Gasteiger partial charge on any atom is 0.238 e. The Hall–Kier alpha value is -2.82. The number of aromatic hydroxyl groups is 1. The van der Waals surface area contributed by atoms with Crippen molar-refractivity contribution in [2.75, 3.05) is 5.32 Å². The molecule has 0 atom stereocenters. The number of primary sulfonamides is 1. The van der Waals surface area contributed by atoms with Crippen molar-refractivity contribution in [2.24, 2.45) is 15.4 Å². The first-order valence-corrected chi connectivity index (χ1v) is 10.3. The minimum absolute atomic E-state index is 0.00544. The van der Waals surface area contributed by atoms with Gasteiger partial charge < -0.3 is 15.0 Å². The van der Waals surface area contributed by atoms with Crippen LogP contribution in [0.4, 0.5) is 11.4 Å². The Morgan fingerprint density at radius 3 is 2.71 bits per heavy atom. The molecule has 0 aliphatic carbocycles. The smallest absolute Gasteiger partial charge is 0.238 e. The first-order valence-electron chi connectivity index (χ1n) is 8.38. The fourth-order valence-electron chi connectivity index (χ4n) is 2.85. The summed E-state index contributed by atoms with van der Waals surface area (Å²) in [7, 11) is -3.82. The van der Waals surface area contributed by atoms with Crippen molar-refractivity contribution in [1.29, 1.82) is 0 Å². The van der Waals surface area contributed by atoms with Crippen molar-refractivity contribution >= 4 is 49.6 Å². The summed E-state index contributed by atoms with van der Waals surface area (Å²) in [6.45, 7) is 4.44. The molecular weight excluding hydrogens is 398 g/mol. The second kappa shape index (κ2) is 7.66. The van der Waals surface area contributed by atoms with Gasteiger partial charge in [0.15, 0.2) is 5.69 Å². The van der Waals surface area contributed by atoms with Crippen molar-refractivity contribution in [3.05, 3.63) is 48.0 Å². The molecule has 0 saturated heterocycles. The number of fused-ring (bicyclic) bond motifs is 1. The summed E-state index contributed by atoms with van der Waals surface area (Å²) in [5, 5.41) is 27.3. The standard InChI is InChI=1S/C18H19N5O3S2/c1-3-23-15-8-7-11(2)9-14(15)16(17(23)24)21-22-18(27)20-12-5-4-6-13(10-12)28(19,25)26/h4-10,24H,3H2,1-2H3,(H,20,27)(H2,19,25,26). The average molecular weight is 418 g/mol. The van der Waals surface area contributed by atoms with Crippen LogP contribution in [0.2, 0.25) is 0 Å². The third-order valence-corrected chi connectivity index (χ3v) is 5.23. The molecule has 0 bridgehead atoms. The highest BCUT2D eigenvalue weighted by molar-refractivity contribution is 7.89. The molecule has 1 heterocycles. The van der Waals surface area contributed by atoms with E-state index in [9.17, 15) is 13.5 Å². The third kappa shape index (κ3) is 4.03. The zero-order valence-electron chi connectivity index (χ0n) is 15.2. The van der Waals surface area contributed by atoms with Gasteiger partial charge in [-0.25, -0.2) is 13.6 Å². The SMILES string of the molecule is CCn1c(O)c(N=NC(=S)Nc2cccc(S(N)(=O)=O)c2)c2cc(C)ccc21. The minimum atomic E-state index is -3.82. The van der Waals surface area contributed by atoms with Crippen LogP contribution < -0.4 is 10.5 Å². The van der Waals surface area contributed by atoms with Crippen LogP contribution >= 0.6 is 12.2 Å². The van der Waals surface area contributed by atoms with Crippen molar-refractivity contribution < 1.29 is 13.5 Å². The Labute approximate surface area is 167 Å². The van der Waals surface area contributed by atoms with Gasteiger partial charge in [-0.3, -0.25) is 0 Å². The zero-order valence-corrected chi connectivity index (χ0v) is 16.9. The van der Waals surface area contributed by atoms with Gasteiger partial charge in [0.2, 0.25) is 21.0 Å². The molecule has 3 rings (SSSR count). The molecule has 1 aromatic heterocycles. The molecule has 0 aliphatic heterocycles. The van der Waals surface area contributed by atoms with Crippen LogP contribution in [0.15, 0.2) is 57.6 Å². The Morgan fingerprint density at radius 2 is 2.04 bits per heavy atom. The molecule has 8 nitrogen and oxygen atoms in total. The molecule has 0 aliphatic rings. The molecule has 146 valence electrons. The number of nitrogens with two attached hydrogens (primary N) is 1. The molecule has 0 radical (unpaired) electrons. The summed E-state index contributed by atoms with van der Waals surface area (Å²) in [5.74, 6) is 0.00544. The zero-order chi connectivity index (χ0) is 20.5. The van der Waals surface area contributed by atoms with E-state index in [1.807, 2.05) is 32.0 Å². The third-order valence-electron chi connectivity index (χ3n) is 4.14. The number of hydrogen-bond donors (Lipinski definition) is 3. The van der Waals surface area contributed by atoms with E-state index < -0.39 is 10.0 Å². The monoisotopic (exact) mass is 417 g/mol. The minimum Gasteiger partial charge on any atom is -0.493 e. The largest absolute Gasteiger partial charge is 0.493 e. The molecule has 3 aromatic rings. The Bertz CT molecular complexity index is 1200. The number of nitrogens with zero attached hydrogens (tertiary/aromatic N) is 3. The highest BCUT2D eigenvalue weighted by atomic mass is 32.2. The molecule has 0 unspecified atom stereocenters. The lowest BCUT2D eigenvalue weighted by molar-refractivity contribution is 0.427. The van der Waals surface area contributed by atoms with E-state index >= 15 is 0 Å². The second-order valence-corrected chi connectivity index (χ2v) is 8.09. The summed E-state index contributed by atoms with van der Waals surface area (Å²) in [4.78, 5) is -0.0450. The van der Waals surface area contributed by atoms with Gasteiger partial charge in [-0.1, -0.05) is 17.7 Å². The first-order chi connectivity index (χ1) is 13.2. The lowest BCUT2D eigenvalue weighted by atomic mass is 10.1. The summed E-state index contributed by atoms with van der Waals surface area (Å²) < 4.78 is 24.6. The fraction of sp³-hybridized carbons (Fsp3) is 0.167. The number of azo groups is 1. The molecule has 2 aromatic carbocycles. The van der Waals surface area contributed by atoms with E-state index in [0.717, 1.165) is 16.5 Å². The van der Waals surface area contributed by atoms with Crippen molar-refractivity contribution in [3.63, 3.8) is 0 Å². The van der Waals surface area contributed by atoms with Crippen LogP contribution in [0.1, 0.15) is 12.5 Å². The number of rotatable bonds is 4. The molecule has 0 spiro atoms. The topological polar surface area (TPSA) is 122 Å². The highest BCUT2D eigenvalue weighted by Gasteiger charge is 2.16. The molecule has 0 fully saturated rings. The van der Waals surface area contributed by atoms with Crippen molar-refractivity contribution in [2.45, 2.75) is 25.3 Å². The van der Waals surface area contributed by atoms with Gasteiger partial charge in [-0.15, -0.1) is 10.2 Å². The Balaban J connectivity index is 1.89. The summed E-state index contributed by atoms with van der Waals surface area (Å²) in [5.41, 5.74) is 2.60. The molecular formula is C18H19N5O3S2. The lowest BCUT2D eigenvalue weighted by Gasteiger charge is -2.05. The molecule has 10 heteroatoms. The average Bonchev–Trinajstić information content (AvgIpc) is 2.89. The summed E-state index contributed by atoms with van der Waals surface area (Å²) in [6.07, 6.45) is 0. The number of aromatic nitrogens is 1. The van der Waals surface area contributed by atoms with Crippen LogP contribution in [0.3, 0.4) is 0 Å². The maximum atomic E-state index is 11.4. The maximum absolute atomic E-state index is 11.4. The van der Waals surface area contributed by atoms with Gasteiger partial charge in [-0.05, 0) is 56.4 Å². The molecule has 28 heavy (non-hydrogen) atoms. The number of anilines is 1. The van der Waals surface area contributed by atoms with Gasteiger partial charge in [0.05, 0.1) is 10.4 Å². The summed E-state index contributed by atoms with van der Waals surface area (Å²) >= 11 is 5.16. The quantitative estimate of drug-likeness (QED) is 0.440. The van der Waals surface area contributed by atoms with Crippen molar-refractivity contribution in [3.8, 4) is 5.88 Å². The Kier molecular flexibility index (Phi) is 5.45. The van der Waals surface area contributed by atoms with E-state index in [-0.39, 0.29) is 15.9 Å². The lowest BCUT2D eigenvalue weighted by Crippen LogP contribution is -2.13. The predicted molar refractivity (Wildman–Crippen MR) is 113 cm³/mol. The van der Waals surface area contributed by atoms with E-state index in [1.54, 1.807) is 10.6 Å². The molecule has 4 N–H and O–H groups in total. The van der Waals surface area contributed by atoms with E-state index in [4.69, 9.17) is 17.4 Å². The number of thiocarbonyl (C=S) groups is 1. The fourth-order valence-corrected chi connectivity index (χ4v) is 3.57. The first kappa shape index (κ1) is 19.9. The van der Waals surface area contributed by atoms with E-state index in [1.165, 1.54) is 18.2 Å². The number of benzene rings is 2. The van der Waals surface area contributed by atoms with Gasteiger partial charge in [0.1, 0.15) is 0 Å². The van der Waals surface area contributed by atoms with Gasteiger partial charge in [0, 0.05) is 17.6 Å². The van der Waals surface area contributed by atoms with Gasteiger partial charge in [0.25, 0.3) is 0 Å². The second-order valence-electron chi connectivity index (χ2n) is 6.14. The van der Waals surface area contributed by atoms with Crippen LogP contribution in [0.5, 0.6) is 5.88 Å². The van der Waals surface area contributed by atoms with Gasteiger partial charge >= 0.3 is 0 Å². The summed E-state index contributed by atoms with van der Waals surface area (Å²) in [6, 6.07) is 11.7. The number of hydrogen-bond acceptors (Lipinski definition) is 5. The number of nitrogens with one attached hydrogen (secondary N) is 1. The van der Waals surface area contributed by atoms with Crippen molar-refractivity contribution in [1.82, 2.24) is 4.57 Å². The number of sulfonamides is 1. The number of aryl methyl sites for hydroxylation is 2. The Morgan fingerprint density at radius 1 is 1.29 bits per heavy atom. The molecule has 0 amide bonds.